The summed E-state index contributed by atoms with van der Waals surface area (Å²) in [5, 5.41) is 0. The summed E-state index contributed by atoms with van der Waals surface area (Å²) in [6.45, 7) is 13.8. The van der Waals surface area contributed by atoms with Gasteiger partial charge in [0.15, 0.2) is 0 Å². The van der Waals surface area contributed by atoms with Gasteiger partial charge in [-0.3, -0.25) is 0 Å². The van der Waals surface area contributed by atoms with E-state index in [2.05, 4.69) is 41.5 Å². The molecule has 0 radical (unpaired) electrons. The van der Waals surface area contributed by atoms with Gasteiger partial charge in [0.2, 0.25) is 0 Å². The fourth-order valence-corrected chi connectivity index (χ4v) is 3.46. The van der Waals surface area contributed by atoms with Gasteiger partial charge in [0.1, 0.15) is 0 Å². The van der Waals surface area contributed by atoms with Gasteiger partial charge in [0.25, 0.3) is 0 Å². The van der Waals surface area contributed by atoms with E-state index in [-0.39, 0.29) is 8.80 Å². The highest BCUT2D eigenvalue weighted by molar-refractivity contribution is 6.58. The van der Waals surface area contributed by atoms with Gasteiger partial charge in [0.05, 0.1) is 0 Å². The molecule has 0 atom stereocenters. The Labute approximate surface area is 94.1 Å². The molecule has 0 spiro atoms. The SMILES string of the molecule is CCC(CC)CC.CC[SiH](CC)CC. The van der Waals surface area contributed by atoms with Crippen molar-refractivity contribution in [1.29, 1.82) is 0 Å². The first-order chi connectivity index (χ1) is 6.69. The van der Waals surface area contributed by atoms with Crippen molar-refractivity contribution in [3.63, 3.8) is 0 Å². The Morgan fingerprint density at radius 3 is 0.929 bits per heavy atom. The summed E-state index contributed by atoms with van der Waals surface area (Å²) in [5.74, 6) is 0.986. The quantitative estimate of drug-likeness (QED) is 0.542. The van der Waals surface area contributed by atoms with Crippen LogP contribution in [0.2, 0.25) is 18.1 Å². The number of rotatable bonds is 6. The summed E-state index contributed by atoms with van der Waals surface area (Å²) in [6, 6.07) is 4.48. The molecule has 0 saturated carbocycles. The highest BCUT2D eigenvalue weighted by atomic mass is 28.3. The lowest BCUT2D eigenvalue weighted by Gasteiger charge is -2.05. The van der Waals surface area contributed by atoms with Crippen LogP contribution in [-0.4, -0.2) is 8.80 Å². The van der Waals surface area contributed by atoms with Crippen molar-refractivity contribution in [2.45, 2.75) is 78.9 Å². The predicted molar refractivity (Wildman–Crippen MR) is 73.0 cm³/mol. The molecule has 14 heavy (non-hydrogen) atoms. The standard InChI is InChI=1S/C7H16.C6H16Si/c2*1-4-7(5-2)6-3/h2*7H,4-6H2,1-3H3. The van der Waals surface area contributed by atoms with E-state index in [0.717, 1.165) is 5.92 Å². The first kappa shape index (κ1) is 16.6. The van der Waals surface area contributed by atoms with Crippen LogP contribution in [0.5, 0.6) is 0 Å². The Morgan fingerprint density at radius 1 is 0.643 bits per heavy atom. The van der Waals surface area contributed by atoms with Crippen LogP contribution < -0.4 is 0 Å². The van der Waals surface area contributed by atoms with Gasteiger partial charge >= 0.3 is 0 Å². The fraction of sp³-hybridized carbons (Fsp3) is 1.00. The maximum atomic E-state index is 2.32. The third kappa shape index (κ3) is 10.3. The molecule has 0 saturated heterocycles. The molecule has 0 unspecified atom stereocenters. The lowest BCUT2D eigenvalue weighted by atomic mass is 10.0. The summed E-state index contributed by atoms with van der Waals surface area (Å²) < 4.78 is 0. The smallest absolute Gasteiger partial charge is 0.0359 e. The van der Waals surface area contributed by atoms with E-state index >= 15 is 0 Å². The molecule has 0 nitrogen and oxygen atoms in total. The van der Waals surface area contributed by atoms with Gasteiger partial charge in [-0.15, -0.1) is 0 Å². The van der Waals surface area contributed by atoms with Crippen LogP contribution in [-0.2, 0) is 0 Å². The number of hydrogen-bond acceptors (Lipinski definition) is 0. The van der Waals surface area contributed by atoms with Crippen LogP contribution in [0.15, 0.2) is 0 Å². The van der Waals surface area contributed by atoms with Gasteiger partial charge in [-0.1, -0.05) is 78.9 Å². The molecule has 0 fully saturated rings. The average molecular weight is 216 g/mol. The van der Waals surface area contributed by atoms with E-state index in [0.29, 0.717) is 0 Å². The molecule has 0 aromatic carbocycles. The van der Waals surface area contributed by atoms with Gasteiger partial charge in [0, 0.05) is 8.80 Å². The third-order valence-corrected chi connectivity index (χ3v) is 6.93. The fourth-order valence-electron chi connectivity index (χ4n) is 1.73. The van der Waals surface area contributed by atoms with Crippen molar-refractivity contribution in [1.82, 2.24) is 0 Å². The molecule has 0 amide bonds. The predicted octanol–water partition coefficient (Wildman–Crippen LogP) is 5.11. The summed E-state index contributed by atoms with van der Waals surface area (Å²) in [5.41, 5.74) is 0. The largest absolute Gasteiger partial charge is 0.0680 e. The van der Waals surface area contributed by atoms with Crippen LogP contribution in [0, 0.1) is 5.92 Å². The Morgan fingerprint density at radius 2 is 0.929 bits per heavy atom. The van der Waals surface area contributed by atoms with Crippen LogP contribution >= 0.6 is 0 Å². The lowest BCUT2D eigenvalue weighted by Crippen LogP contribution is -2.04. The first-order valence-electron chi connectivity index (χ1n) is 6.69. The Bertz CT molecular complexity index is 60.2. The van der Waals surface area contributed by atoms with Crippen molar-refractivity contribution in [3.8, 4) is 0 Å². The highest BCUT2D eigenvalue weighted by Gasteiger charge is 1.98. The average Bonchev–Trinajstić information content (AvgIpc) is 2.24. The molecule has 1 heteroatoms. The van der Waals surface area contributed by atoms with Crippen LogP contribution in [0.1, 0.15) is 60.8 Å². The summed E-state index contributed by atoms with van der Waals surface area (Å²) in [6.07, 6.45) is 4.06. The maximum Gasteiger partial charge on any atom is 0.0359 e. The molecular formula is C13H32Si. The Balaban J connectivity index is 0. The summed E-state index contributed by atoms with van der Waals surface area (Å²) in [7, 11) is -0.171. The van der Waals surface area contributed by atoms with Crippen LogP contribution in [0.25, 0.3) is 0 Å². The molecule has 0 aliphatic heterocycles. The molecule has 0 rings (SSSR count). The van der Waals surface area contributed by atoms with E-state index in [9.17, 15) is 0 Å². The van der Waals surface area contributed by atoms with Gasteiger partial charge in [-0.2, -0.15) is 0 Å². The second kappa shape index (κ2) is 13.2. The topological polar surface area (TPSA) is 0 Å². The molecular weight excluding hydrogens is 184 g/mol. The minimum Gasteiger partial charge on any atom is -0.0680 e. The molecule has 0 aromatic rings. The molecule has 0 aromatic heterocycles. The van der Waals surface area contributed by atoms with Crippen LogP contribution in [0.4, 0.5) is 0 Å². The van der Waals surface area contributed by atoms with E-state index < -0.39 is 0 Å². The van der Waals surface area contributed by atoms with Gasteiger partial charge < -0.3 is 0 Å². The summed E-state index contributed by atoms with van der Waals surface area (Å²) >= 11 is 0. The maximum absolute atomic E-state index is 2.32. The molecule has 0 N–H and O–H groups in total. The van der Waals surface area contributed by atoms with E-state index in [1.54, 1.807) is 0 Å². The molecule has 88 valence electrons. The van der Waals surface area contributed by atoms with E-state index in [1.165, 1.54) is 37.4 Å². The number of hydrogen-bond donors (Lipinski definition) is 0. The minimum absolute atomic E-state index is 0.171. The Kier molecular flexibility index (Phi) is 15.7. The van der Waals surface area contributed by atoms with Crippen molar-refractivity contribution in [2.75, 3.05) is 0 Å². The second-order valence-electron chi connectivity index (χ2n) is 4.18. The van der Waals surface area contributed by atoms with Crippen molar-refractivity contribution >= 4 is 8.80 Å². The molecule has 0 aliphatic rings. The third-order valence-electron chi connectivity index (χ3n) is 3.46. The van der Waals surface area contributed by atoms with Gasteiger partial charge in [-0.05, 0) is 5.92 Å². The zero-order chi connectivity index (χ0) is 11.4. The summed E-state index contributed by atoms with van der Waals surface area (Å²) in [4.78, 5) is 0. The molecule has 0 aliphatic carbocycles. The monoisotopic (exact) mass is 216 g/mol. The first-order valence-corrected chi connectivity index (χ1v) is 9.14. The highest BCUT2D eigenvalue weighted by Crippen LogP contribution is 2.10. The van der Waals surface area contributed by atoms with E-state index in [1.807, 2.05) is 0 Å². The van der Waals surface area contributed by atoms with E-state index in [4.69, 9.17) is 0 Å². The van der Waals surface area contributed by atoms with Crippen LogP contribution in [0.3, 0.4) is 0 Å². The normalized spacial score (nSPS) is 10.3. The van der Waals surface area contributed by atoms with Gasteiger partial charge in [-0.25, -0.2) is 0 Å². The zero-order valence-electron chi connectivity index (χ0n) is 11.4. The zero-order valence-corrected chi connectivity index (χ0v) is 12.6. The molecule has 0 heterocycles. The van der Waals surface area contributed by atoms with Crippen molar-refractivity contribution in [3.05, 3.63) is 0 Å². The minimum atomic E-state index is -0.171. The Hall–Kier alpha value is 0.217. The second-order valence-corrected chi connectivity index (χ2v) is 8.36. The molecule has 0 bridgehead atoms. The van der Waals surface area contributed by atoms with Crippen molar-refractivity contribution < 1.29 is 0 Å². The van der Waals surface area contributed by atoms with Crippen molar-refractivity contribution in [2.24, 2.45) is 5.92 Å². The lowest BCUT2D eigenvalue weighted by molar-refractivity contribution is 0.477.